The first-order chi connectivity index (χ1) is 19.4. The van der Waals surface area contributed by atoms with Crippen LogP contribution < -0.4 is 0 Å². The number of benzene rings is 2. The van der Waals surface area contributed by atoms with Crippen LogP contribution in [0.4, 0.5) is 26.3 Å². The quantitative estimate of drug-likeness (QED) is 0.263. The van der Waals surface area contributed by atoms with E-state index in [-0.39, 0.29) is 24.3 Å². The van der Waals surface area contributed by atoms with Gasteiger partial charge in [0.1, 0.15) is 23.9 Å². The SMILES string of the molecule is O=C(OC1C(n2cc(-c3cc(F)c(F)c(F)c3)nn2)C(O)C(CO)OC12CCCCO2)c1cccc(C(F)(F)F)c1. The Hall–Kier alpha value is -3.53. The number of rotatable bonds is 5. The van der Waals surface area contributed by atoms with Crippen molar-refractivity contribution >= 4 is 5.97 Å². The Balaban J connectivity index is 1.56. The van der Waals surface area contributed by atoms with Crippen LogP contribution in [0, 0.1) is 17.5 Å². The molecule has 2 aromatic carbocycles. The minimum absolute atomic E-state index is 0.114. The Morgan fingerprint density at radius 2 is 1.88 bits per heavy atom. The molecule has 0 aliphatic carbocycles. The molecule has 3 aromatic rings. The van der Waals surface area contributed by atoms with Gasteiger partial charge in [0, 0.05) is 12.0 Å². The number of nitrogens with zero attached hydrogens (tertiary/aromatic N) is 3. The number of ether oxygens (including phenoxy) is 3. The maximum absolute atomic E-state index is 13.9. The molecule has 3 heterocycles. The second kappa shape index (κ2) is 11.0. The maximum Gasteiger partial charge on any atom is 0.416 e. The van der Waals surface area contributed by atoms with E-state index < -0.39 is 77.5 Å². The van der Waals surface area contributed by atoms with Crippen molar-refractivity contribution in [1.82, 2.24) is 15.0 Å². The minimum atomic E-state index is -4.73. The van der Waals surface area contributed by atoms with Gasteiger partial charge in [-0.05, 0) is 43.2 Å². The minimum Gasteiger partial charge on any atom is -0.451 e. The second-order valence-corrected chi connectivity index (χ2v) is 9.68. The molecule has 1 spiro atoms. The van der Waals surface area contributed by atoms with E-state index in [0.717, 1.165) is 29.1 Å². The standard InChI is InChI=1S/C26H23F6N3O6/c27-16-9-14(10-17(28)20(16)29)18-11-35(34-33-18)21-22(37)19(12-36)41-25(6-1-2-7-39-25)23(21)40-24(38)13-4-3-5-15(8-13)26(30,31)32/h3-5,8-11,19,21-23,36-37H,1-2,6-7,12H2. The van der Waals surface area contributed by atoms with Crippen molar-refractivity contribution in [2.75, 3.05) is 13.2 Å². The molecule has 5 rings (SSSR count). The Bertz CT molecular complexity index is 1400. The lowest BCUT2D eigenvalue weighted by Gasteiger charge is -2.51. The predicted molar refractivity (Wildman–Crippen MR) is 126 cm³/mol. The van der Waals surface area contributed by atoms with Crippen LogP contribution in [0.3, 0.4) is 0 Å². The van der Waals surface area contributed by atoms with Gasteiger partial charge in [-0.15, -0.1) is 5.10 Å². The molecule has 2 aliphatic rings. The molecule has 0 saturated carbocycles. The summed E-state index contributed by atoms with van der Waals surface area (Å²) in [4.78, 5) is 13.2. The smallest absolute Gasteiger partial charge is 0.416 e. The number of esters is 1. The summed E-state index contributed by atoms with van der Waals surface area (Å²) >= 11 is 0. The highest BCUT2D eigenvalue weighted by atomic mass is 19.4. The summed E-state index contributed by atoms with van der Waals surface area (Å²) in [7, 11) is 0. The van der Waals surface area contributed by atoms with E-state index in [1.165, 1.54) is 0 Å². The predicted octanol–water partition coefficient (Wildman–Crippen LogP) is 3.80. The fourth-order valence-electron chi connectivity index (χ4n) is 5.02. The molecular weight excluding hydrogens is 564 g/mol. The monoisotopic (exact) mass is 587 g/mol. The fraction of sp³-hybridized carbons (Fsp3) is 0.423. The topological polar surface area (TPSA) is 116 Å². The summed E-state index contributed by atoms with van der Waals surface area (Å²) in [6.07, 6.45) is -6.83. The van der Waals surface area contributed by atoms with E-state index in [4.69, 9.17) is 14.2 Å². The Kier molecular flexibility index (Phi) is 7.80. The number of alkyl halides is 3. The van der Waals surface area contributed by atoms with E-state index in [9.17, 15) is 41.4 Å². The first-order valence-electron chi connectivity index (χ1n) is 12.5. The second-order valence-electron chi connectivity index (χ2n) is 9.68. The lowest BCUT2D eigenvalue weighted by Crippen LogP contribution is -2.65. The highest BCUT2D eigenvalue weighted by molar-refractivity contribution is 5.89. The normalized spacial score (nSPS) is 26.7. The Morgan fingerprint density at radius 3 is 2.51 bits per heavy atom. The summed E-state index contributed by atoms with van der Waals surface area (Å²) < 4.78 is 99.5. The van der Waals surface area contributed by atoms with E-state index >= 15 is 0 Å². The van der Waals surface area contributed by atoms with Crippen LogP contribution in [-0.2, 0) is 20.4 Å². The van der Waals surface area contributed by atoms with E-state index in [1.54, 1.807) is 0 Å². The van der Waals surface area contributed by atoms with Crippen LogP contribution in [0.5, 0.6) is 0 Å². The third-order valence-electron chi connectivity index (χ3n) is 7.03. The zero-order chi connectivity index (χ0) is 29.5. The number of carbonyl (C=O) groups is 1. The molecule has 1 aromatic heterocycles. The van der Waals surface area contributed by atoms with Crippen LogP contribution in [0.2, 0.25) is 0 Å². The van der Waals surface area contributed by atoms with E-state index in [1.807, 2.05) is 0 Å². The molecule has 15 heteroatoms. The number of hydrogen-bond donors (Lipinski definition) is 2. The average molecular weight is 587 g/mol. The molecule has 2 aliphatic heterocycles. The van der Waals surface area contributed by atoms with Gasteiger partial charge in [-0.2, -0.15) is 13.2 Å². The van der Waals surface area contributed by atoms with Crippen molar-refractivity contribution in [2.45, 2.75) is 55.6 Å². The van der Waals surface area contributed by atoms with Crippen molar-refractivity contribution < 1.29 is 55.6 Å². The summed E-state index contributed by atoms with van der Waals surface area (Å²) in [5, 5.41) is 28.9. The third kappa shape index (κ3) is 5.54. The van der Waals surface area contributed by atoms with Gasteiger partial charge in [0.15, 0.2) is 23.6 Å². The van der Waals surface area contributed by atoms with Crippen molar-refractivity contribution in [3.63, 3.8) is 0 Å². The summed E-state index contributed by atoms with van der Waals surface area (Å²) in [5.74, 6) is -7.59. The first-order valence-corrected chi connectivity index (χ1v) is 12.5. The summed E-state index contributed by atoms with van der Waals surface area (Å²) in [5.41, 5.74) is -1.88. The van der Waals surface area contributed by atoms with Gasteiger partial charge in [-0.1, -0.05) is 11.3 Å². The van der Waals surface area contributed by atoms with Crippen molar-refractivity contribution in [3.05, 3.63) is 71.2 Å². The molecule has 5 unspecified atom stereocenters. The highest BCUT2D eigenvalue weighted by Crippen LogP contribution is 2.44. The molecule has 9 nitrogen and oxygen atoms in total. The molecule has 0 bridgehead atoms. The lowest BCUT2D eigenvalue weighted by molar-refractivity contribution is -0.363. The number of halogens is 6. The lowest BCUT2D eigenvalue weighted by atomic mass is 9.86. The molecule has 2 saturated heterocycles. The van der Waals surface area contributed by atoms with Gasteiger partial charge in [0.2, 0.25) is 5.79 Å². The van der Waals surface area contributed by atoms with Gasteiger partial charge in [-0.25, -0.2) is 22.6 Å². The number of carbonyl (C=O) groups excluding carboxylic acids is 1. The molecule has 5 atom stereocenters. The van der Waals surface area contributed by atoms with Crippen LogP contribution in [0.25, 0.3) is 11.3 Å². The average Bonchev–Trinajstić information content (AvgIpc) is 3.43. The number of aliphatic hydroxyl groups excluding tert-OH is 2. The highest BCUT2D eigenvalue weighted by Gasteiger charge is 2.59. The first kappa shape index (κ1) is 29.0. The molecule has 2 N–H and O–H groups in total. The van der Waals surface area contributed by atoms with Crippen molar-refractivity contribution in [2.24, 2.45) is 0 Å². The van der Waals surface area contributed by atoms with Crippen LogP contribution in [0.15, 0.2) is 42.6 Å². The molecular formula is C26H23F6N3O6. The summed E-state index contributed by atoms with van der Waals surface area (Å²) in [6.45, 7) is -0.567. The van der Waals surface area contributed by atoms with Gasteiger partial charge >= 0.3 is 12.1 Å². The molecule has 0 radical (unpaired) electrons. The molecule has 0 amide bonds. The zero-order valence-corrected chi connectivity index (χ0v) is 21.0. The number of aromatic nitrogens is 3. The van der Waals surface area contributed by atoms with Crippen LogP contribution in [-0.4, -0.2) is 68.5 Å². The van der Waals surface area contributed by atoms with E-state index in [0.29, 0.717) is 31.0 Å². The zero-order valence-electron chi connectivity index (χ0n) is 21.0. The third-order valence-corrected chi connectivity index (χ3v) is 7.03. The Labute approximate surface area is 228 Å². The fourth-order valence-corrected chi connectivity index (χ4v) is 5.02. The Morgan fingerprint density at radius 1 is 1.15 bits per heavy atom. The van der Waals surface area contributed by atoms with Gasteiger partial charge in [-0.3, -0.25) is 0 Å². The maximum atomic E-state index is 13.9. The van der Waals surface area contributed by atoms with Crippen molar-refractivity contribution in [3.8, 4) is 11.3 Å². The van der Waals surface area contributed by atoms with Crippen LogP contribution in [0.1, 0.15) is 41.2 Å². The van der Waals surface area contributed by atoms with Gasteiger partial charge in [0.25, 0.3) is 0 Å². The molecule has 2 fully saturated rings. The molecule has 41 heavy (non-hydrogen) atoms. The van der Waals surface area contributed by atoms with Gasteiger partial charge in [0.05, 0.1) is 30.5 Å². The van der Waals surface area contributed by atoms with Crippen molar-refractivity contribution in [1.29, 1.82) is 0 Å². The largest absolute Gasteiger partial charge is 0.451 e. The molecule has 220 valence electrons. The van der Waals surface area contributed by atoms with Crippen LogP contribution >= 0.6 is 0 Å². The number of aliphatic hydroxyl groups is 2. The van der Waals surface area contributed by atoms with Gasteiger partial charge < -0.3 is 24.4 Å². The summed E-state index contributed by atoms with van der Waals surface area (Å²) in [6, 6.07) is 3.49. The number of hydrogen-bond acceptors (Lipinski definition) is 8. The van der Waals surface area contributed by atoms with E-state index in [2.05, 4.69) is 10.3 Å².